The van der Waals surface area contributed by atoms with Crippen molar-refractivity contribution in [1.82, 2.24) is 5.32 Å². The molecule has 0 bridgehead atoms. The van der Waals surface area contributed by atoms with Crippen LogP contribution >= 0.6 is 0 Å². The summed E-state index contributed by atoms with van der Waals surface area (Å²) in [6.45, 7) is 10.2. The predicted molar refractivity (Wildman–Crippen MR) is 71.5 cm³/mol. The lowest BCUT2D eigenvalue weighted by Crippen LogP contribution is -2.51. The highest BCUT2D eigenvalue weighted by molar-refractivity contribution is 4.94. The fourth-order valence-corrected chi connectivity index (χ4v) is 2.67. The molecule has 2 nitrogen and oxygen atoms in total. The molecule has 2 heteroatoms. The lowest BCUT2D eigenvalue weighted by Gasteiger charge is -2.42. The molecule has 1 fully saturated rings. The first-order chi connectivity index (χ1) is 7.37. The average Bonchev–Trinajstić information content (AvgIpc) is 2.06. The van der Waals surface area contributed by atoms with E-state index in [1.54, 1.807) is 0 Å². The fraction of sp³-hybridized carbons (Fsp3) is 1.00. The van der Waals surface area contributed by atoms with Crippen LogP contribution in [0.15, 0.2) is 0 Å². The largest absolute Gasteiger partial charge is 0.328 e. The molecule has 1 rings (SSSR count). The molecule has 0 aromatic carbocycles. The van der Waals surface area contributed by atoms with Crippen molar-refractivity contribution in [3.63, 3.8) is 0 Å². The van der Waals surface area contributed by atoms with Gasteiger partial charge >= 0.3 is 0 Å². The van der Waals surface area contributed by atoms with Crippen molar-refractivity contribution in [3.8, 4) is 0 Å². The van der Waals surface area contributed by atoms with E-state index < -0.39 is 0 Å². The van der Waals surface area contributed by atoms with E-state index in [-0.39, 0.29) is 0 Å². The molecule has 1 aliphatic carbocycles. The first kappa shape index (κ1) is 14.0. The van der Waals surface area contributed by atoms with Crippen molar-refractivity contribution in [2.24, 2.45) is 11.1 Å². The summed E-state index contributed by atoms with van der Waals surface area (Å²) in [5, 5.41) is 3.72. The van der Waals surface area contributed by atoms with Crippen LogP contribution in [0.3, 0.4) is 0 Å². The molecule has 0 heterocycles. The van der Waals surface area contributed by atoms with Gasteiger partial charge in [-0.3, -0.25) is 0 Å². The van der Waals surface area contributed by atoms with E-state index >= 15 is 0 Å². The highest BCUT2D eigenvalue weighted by Gasteiger charge is 2.34. The van der Waals surface area contributed by atoms with Crippen LogP contribution in [0.25, 0.3) is 0 Å². The van der Waals surface area contributed by atoms with Gasteiger partial charge in [-0.1, -0.05) is 27.7 Å². The minimum atomic E-state index is 0.349. The molecule has 0 aromatic heterocycles. The molecule has 1 atom stereocenters. The number of hydrogen-bond donors (Lipinski definition) is 2. The van der Waals surface area contributed by atoms with Crippen molar-refractivity contribution >= 4 is 0 Å². The Bertz CT molecular complexity index is 196. The quantitative estimate of drug-likeness (QED) is 0.730. The molecule has 0 radical (unpaired) electrons. The van der Waals surface area contributed by atoms with Crippen molar-refractivity contribution in [2.45, 2.75) is 77.8 Å². The molecule has 0 spiro atoms. The van der Waals surface area contributed by atoms with E-state index in [9.17, 15) is 0 Å². The van der Waals surface area contributed by atoms with Crippen LogP contribution in [-0.2, 0) is 0 Å². The van der Waals surface area contributed by atoms with Crippen LogP contribution in [0.4, 0.5) is 0 Å². The Labute approximate surface area is 101 Å². The maximum atomic E-state index is 6.15. The van der Waals surface area contributed by atoms with E-state index in [0.717, 1.165) is 19.4 Å². The Morgan fingerprint density at radius 2 is 1.94 bits per heavy atom. The second-order valence-electron chi connectivity index (χ2n) is 6.73. The minimum absolute atomic E-state index is 0.349. The molecule has 1 saturated carbocycles. The van der Waals surface area contributed by atoms with Gasteiger partial charge in [-0.25, -0.2) is 0 Å². The highest BCUT2D eigenvalue weighted by Crippen LogP contribution is 2.34. The summed E-state index contributed by atoms with van der Waals surface area (Å²) >= 11 is 0. The molecule has 1 unspecified atom stereocenters. The standard InChI is InChI=1S/C14H30N2/c1-5-14(8-6-9-14)16-10-7-12(15)11-13(2,3)4/h12,16H,5-11,15H2,1-4H3. The second-order valence-corrected chi connectivity index (χ2v) is 6.73. The molecular formula is C14H30N2. The third-order valence-electron chi connectivity index (χ3n) is 3.88. The molecule has 0 aliphatic heterocycles. The van der Waals surface area contributed by atoms with Crippen LogP contribution in [0.5, 0.6) is 0 Å². The smallest absolute Gasteiger partial charge is 0.0178 e. The van der Waals surface area contributed by atoms with Crippen molar-refractivity contribution in [2.75, 3.05) is 6.54 Å². The maximum Gasteiger partial charge on any atom is 0.0178 e. The summed E-state index contributed by atoms with van der Waals surface area (Å²) in [4.78, 5) is 0. The van der Waals surface area contributed by atoms with Crippen molar-refractivity contribution in [1.29, 1.82) is 0 Å². The van der Waals surface area contributed by atoms with E-state index in [0.29, 0.717) is 17.0 Å². The van der Waals surface area contributed by atoms with E-state index in [1.807, 2.05) is 0 Å². The topological polar surface area (TPSA) is 38.0 Å². The monoisotopic (exact) mass is 226 g/mol. The van der Waals surface area contributed by atoms with Gasteiger partial charge in [0.05, 0.1) is 0 Å². The summed E-state index contributed by atoms with van der Waals surface area (Å²) in [5.74, 6) is 0. The molecule has 0 amide bonds. The molecule has 0 aromatic rings. The zero-order valence-corrected chi connectivity index (χ0v) is 11.6. The van der Waals surface area contributed by atoms with Crippen molar-refractivity contribution in [3.05, 3.63) is 0 Å². The van der Waals surface area contributed by atoms with Gasteiger partial charge in [-0.2, -0.15) is 0 Å². The average molecular weight is 226 g/mol. The van der Waals surface area contributed by atoms with E-state index in [2.05, 4.69) is 33.0 Å². The Morgan fingerprint density at radius 1 is 1.31 bits per heavy atom. The molecule has 16 heavy (non-hydrogen) atoms. The third-order valence-corrected chi connectivity index (χ3v) is 3.88. The first-order valence-electron chi connectivity index (χ1n) is 6.87. The molecular weight excluding hydrogens is 196 g/mol. The normalized spacial score (nSPS) is 21.6. The maximum absolute atomic E-state index is 6.15. The second kappa shape index (κ2) is 5.50. The number of hydrogen-bond acceptors (Lipinski definition) is 2. The van der Waals surface area contributed by atoms with E-state index in [1.165, 1.54) is 25.7 Å². The Morgan fingerprint density at radius 3 is 2.31 bits per heavy atom. The first-order valence-corrected chi connectivity index (χ1v) is 6.87. The van der Waals surface area contributed by atoms with Crippen LogP contribution in [0, 0.1) is 5.41 Å². The molecule has 0 saturated heterocycles. The summed E-state index contributed by atoms with van der Waals surface area (Å²) < 4.78 is 0. The Hall–Kier alpha value is -0.0800. The Balaban J connectivity index is 2.15. The van der Waals surface area contributed by atoms with Crippen LogP contribution in [0.1, 0.15) is 66.2 Å². The minimum Gasteiger partial charge on any atom is -0.328 e. The molecule has 1 aliphatic rings. The predicted octanol–water partition coefficient (Wildman–Crippen LogP) is 3.06. The summed E-state index contributed by atoms with van der Waals surface area (Å²) in [6, 6.07) is 0.349. The number of nitrogens with one attached hydrogen (secondary N) is 1. The van der Waals surface area contributed by atoms with E-state index in [4.69, 9.17) is 5.73 Å². The fourth-order valence-electron chi connectivity index (χ4n) is 2.67. The third kappa shape index (κ3) is 4.42. The zero-order valence-electron chi connectivity index (χ0n) is 11.6. The SMILES string of the molecule is CCC1(NCCC(N)CC(C)(C)C)CCC1. The Kier molecular flexibility index (Phi) is 4.81. The summed E-state index contributed by atoms with van der Waals surface area (Å²) in [5.41, 5.74) is 6.98. The van der Waals surface area contributed by atoms with Gasteiger partial charge in [0.15, 0.2) is 0 Å². The van der Waals surface area contributed by atoms with Crippen LogP contribution in [-0.4, -0.2) is 18.1 Å². The summed E-state index contributed by atoms with van der Waals surface area (Å²) in [6.07, 6.45) is 7.61. The van der Waals surface area contributed by atoms with Gasteiger partial charge < -0.3 is 11.1 Å². The van der Waals surface area contributed by atoms with Gasteiger partial charge in [0.1, 0.15) is 0 Å². The molecule has 3 N–H and O–H groups in total. The van der Waals surface area contributed by atoms with Crippen LogP contribution < -0.4 is 11.1 Å². The van der Waals surface area contributed by atoms with Gasteiger partial charge in [0.25, 0.3) is 0 Å². The number of rotatable bonds is 6. The number of nitrogens with two attached hydrogens (primary N) is 1. The lowest BCUT2D eigenvalue weighted by atomic mass is 9.75. The molecule has 96 valence electrons. The zero-order chi connectivity index (χ0) is 12.2. The van der Waals surface area contributed by atoms with Gasteiger partial charge in [0.2, 0.25) is 0 Å². The highest BCUT2D eigenvalue weighted by atomic mass is 15.0. The van der Waals surface area contributed by atoms with Gasteiger partial charge in [-0.15, -0.1) is 0 Å². The lowest BCUT2D eigenvalue weighted by molar-refractivity contribution is 0.174. The van der Waals surface area contributed by atoms with Crippen LogP contribution in [0.2, 0.25) is 0 Å². The van der Waals surface area contributed by atoms with Gasteiger partial charge in [0, 0.05) is 11.6 Å². The summed E-state index contributed by atoms with van der Waals surface area (Å²) in [7, 11) is 0. The van der Waals surface area contributed by atoms with Gasteiger partial charge in [-0.05, 0) is 50.5 Å². The van der Waals surface area contributed by atoms with Crippen molar-refractivity contribution < 1.29 is 0 Å².